The molecule has 1 saturated carbocycles. The van der Waals surface area contributed by atoms with Crippen LogP contribution in [0.1, 0.15) is 41.6 Å². The normalized spacial score (nSPS) is 17.7. The Morgan fingerprint density at radius 3 is 2.78 bits per heavy atom. The van der Waals surface area contributed by atoms with Crippen LogP contribution in [0.25, 0.3) is 0 Å². The van der Waals surface area contributed by atoms with Gasteiger partial charge in [0.05, 0.1) is 5.60 Å². The van der Waals surface area contributed by atoms with E-state index >= 15 is 0 Å². The number of benzene rings is 1. The Morgan fingerprint density at radius 1 is 1.44 bits per heavy atom. The molecule has 0 aliphatic heterocycles. The van der Waals surface area contributed by atoms with E-state index in [1.165, 1.54) is 0 Å². The third-order valence-corrected chi connectivity index (χ3v) is 4.05. The van der Waals surface area contributed by atoms with Crippen molar-refractivity contribution < 1.29 is 9.90 Å². The van der Waals surface area contributed by atoms with Crippen molar-refractivity contribution in [1.82, 2.24) is 5.32 Å². The predicted molar refractivity (Wildman–Crippen MR) is 74.6 cm³/mol. The topological polar surface area (TPSA) is 49.3 Å². The molecular formula is C14H18BrNO2. The fraction of sp³-hybridized carbons (Fsp3) is 0.500. The number of amides is 1. The summed E-state index contributed by atoms with van der Waals surface area (Å²) in [5.41, 5.74) is 0.898. The predicted octanol–water partition coefficient (Wildman–Crippen LogP) is 2.79. The second-order valence-corrected chi connectivity index (χ2v) is 5.99. The van der Waals surface area contributed by atoms with Crippen LogP contribution in [0.4, 0.5) is 0 Å². The minimum atomic E-state index is -0.699. The Morgan fingerprint density at radius 2 is 2.11 bits per heavy atom. The van der Waals surface area contributed by atoms with Gasteiger partial charge in [-0.05, 0) is 37.5 Å². The van der Waals surface area contributed by atoms with Gasteiger partial charge in [0.2, 0.25) is 0 Å². The summed E-state index contributed by atoms with van der Waals surface area (Å²) in [4.78, 5) is 12.1. The van der Waals surface area contributed by atoms with Crippen molar-refractivity contribution >= 4 is 21.8 Å². The second-order valence-electron chi connectivity index (χ2n) is 5.07. The van der Waals surface area contributed by atoms with E-state index in [2.05, 4.69) is 21.2 Å². The first-order valence-corrected chi connectivity index (χ1v) is 7.06. The molecule has 98 valence electrons. The minimum absolute atomic E-state index is 0.117. The molecule has 0 unspecified atom stereocenters. The van der Waals surface area contributed by atoms with Gasteiger partial charge in [-0.2, -0.15) is 0 Å². The van der Waals surface area contributed by atoms with Crippen LogP contribution in [0.5, 0.6) is 0 Å². The number of rotatable bonds is 3. The van der Waals surface area contributed by atoms with Gasteiger partial charge in [0.15, 0.2) is 0 Å². The quantitative estimate of drug-likeness (QED) is 0.902. The maximum atomic E-state index is 12.1. The van der Waals surface area contributed by atoms with E-state index in [4.69, 9.17) is 0 Å². The summed E-state index contributed by atoms with van der Waals surface area (Å²) >= 11 is 3.36. The molecule has 18 heavy (non-hydrogen) atoms. The number of nitrogens with one attached hydrogen (secondary N) is 1. The van der Waals surface area contributed by atoms with Crippen molar-refractivity contribution in [3.05, 3.63) is 33.8 Å². The number of aryl methyl sites for hydroxylation is 1. The molecule has 0 spiro atoms. The van der Waals surface area contributed by atoms with E-state index in [1.807, 2.05) is 25.1 Å². The van der Waals surface area contributed by atoms with Crippen LogP contribution in [0.3, 0.4) is 0 Å². The Bertz CT molecular complexity index is 453. The van der Waals surface area contributed by atoms with Crippen LogP contribution in [0.2, 0.25) is 0 Å². The molecule has 1 aliphatic carbocycles. The van der Waals surface area contributed by atoms with Crippen LogP contribution < -0.4 is 5.32 Å². The molecule has 1 aromatic carbocycles. The molecule has 0 aromatic heterocycles. The zero-order valence-electron chi connectivity index (χ0n) is 10.5. The summed E-state index contributed by atoms with van der Waals surface area (Å²) in [6.07, 6.45) is 3.65. The van der Waals surface area contributed by atoms with E-state index in [1.54, 1.807) is 0 Å². The molecule has 1 amide bonds. The first-order chi connectivity index (χ1) is 8.50. The highest BCUT2D eigenvalue weighted by Gasteiger charge is 2.31. The molecular weight excluding hydrogens is 294 g/mol. The van der Waals surface area contributed by atoms with Crippen LogP contribution >= 0.6 is 15.9 Å². The SMILES string of the molecule is Cc1ccc(Br)cc1C(=O)NCC1(O)CCCC1. The highest BCUT2D eigenvalue weighted by atomic mass is 79.9. The van der Waals surface area contributed by atoms with E-state index in [0.29, 0.717) is 12.1 Å². The lowest BCUT2D eigenvalue weighted by molar-refractivity contribution is 0.0449. The van der Waals surface area contributed by atoms with Gasteiger partial charge in [0, 0.05) is 16.6 Å². The zero-order valence-corrected chi connectivity index (χ0v) is 12.1. The fourth-order valence-corrected chi connectivity index (χ4v) is 2.75. The Labute approximate surface area is 116 Å². The molecule has 3 nitrogen and oxygen atoms in total. The number of carbonyl (C=O) groups excluding carboxylic acids is 1. The van der Waals surface area contributed by atoms with Crippen molar-refractivity contribution in [3.8, 4) is 0 Å². The molecule has 1 fully saturated rings. The Kier molecular flexibility index (Phi) is 4.07. The highest BCUT2D eigenvalue weighted by Crippen LogP contribution is 2.28. The largest absolute Gasteiger partial charge is 0.388 e. The van der Waals surface area contributed by atoms with Gasteiger partial charge >= 0.3 is 0 Å². The number of aliphatic hydroxyl groups is 1. The molecule has 0 atom stereocenters. The van der Waals surface area contributed by atoms with Crippen LogP contribution in [0.15, 0.2) is 22.7 Å². The minimum Gasteiger partial charge on any atom is -0.388 e. The standard InChI is InChI=1S/C14H18BrNO2/c1-10-4-5-11(15)8-12(10)13(17)16-9-14(18)6-2-3-7-14/h4-5,8,18H,2-3,6-7,9H2,1H3,(H,16,17). The van der Waals surface area contributed by atoms with Gasteiger partial charge < -0.3 is 10.4 Å². The Balaban J connectivity index is 2.01. The Hall–Kier alpha value is -0.870. The molecule has 0 heterocycles. The third kappa shape index (κ3) is 3.12. The molecule has 1 aromatic rings. The van der Waals surface area contributed by atoms with Gasteiger partial charge in [-0.25, -0.2) is 0 Å². The first kappa shape index (κ1) is 13.6. The average Bonchev–Trinajstić information content (AvgIpc) is 2.77. The number of hydrogen-bond acceptors (Lipinski definition) is 2. The first-order valence-electron chi connectivity index (χ1n) is 6.27. The monoisotopic (exact) mass is 311 g/mol. The van der Waals surface area contributed by atoms with Crippen molar-refractivity contribution in [3.63, 3.8) is 0 Å². The lowest BCUT2D eigenvalue weighted by atomic mass is 10.0. The molecule has 0 bridgehead atoms. The van der Waals surface area contributed by atoms with Gasteiger partial charge in [-0.15, -0.1) is 0 Å². The average molecular weight is 312 g/mol. The van der Waals surface area contributed by atoms with Crippen LogP contribution in [-0.2, 0) is 0 Å². The van der Waals surface area contributed by atoms with E-state index in [-0.39, 0.29) is 5.91 Å². The van der Waals surface area contributed by atoms with Gasteiger partial charge in [-0.3, -0.25) is 4.79 Å². The summed E-state index contributed by atoms with van der Waals surface area (Å²) in [5, 5.41) is 13.0. The van der Waals surface area contributed by atoms with Crippen LogP contribution in [0, 0.1) is 6.92 Å². The number of halogens is 1. The van der Waals surface area contributed by atoms with Gasteiger partial charge in [0.25, 0.3) is 5.91 Å². The number of carbonyl (C=O) groups is 1. The number of hydrogen-bond donors (Lipinski definition) is 2. The third-order valence-electron chi connectivity index (χ3n) is 3.56. The maximum absolute atomic E-state index is 12.1. The lowest BCUT2D eigenvalue weighted by Gasteiger charge is -2.22. The molecule has 2 rings (SSSR count). The van der Waals surface area contributed by atoms with E-state index in [0.717, 1.165) is 35.7 Å². The molecule has 2 N–H and O–H groups in total. The van der Waals surface area contributed by atoms with E-state index in [9.17, 15) is 9.90 Å². The molecule has 0 radical (unpaired) electrons. The van der Waals surface area contributed by atoms with Crippen LogP contribution in [-0.4, -0.2) is 23.2 Å². The zero-order chi connectivity index (χ0) is 13.2. The highest BCUT2D eigenvalue weighted by molar-refractivity contribution is 9.10. The van der Waals surface area contributed by atoms with Crippen molar-refractivity contribution in [2.45, 2.75) is 38.2 Å². The van der Waals surface area contributed by atoms with E-state index < -0.39 is 5.60 Å². The van der Waals surface area contributed by atoms with Crippen molar-refractivity contribution in [2.75, 3.05) is 6.54 Å². The van der Waals surface area contributed by atoms with Gasteiger partial charge in [0.1, 0.15) is 0 Å². The smallest absolute Gasteiger partial charge is 0.251 e. The van der Waals surface area contributed by atoms with Crippen molar-refractivity contribution in [2.24, 2.45) is 0 Å². The summed E-state index contributed by atoms with van der Waals surface area (Å²) in [6, 6.07) is 5.63. The second kappa shape index (κ2) is 5.41. The maximum Gasteiger partial charge on any atom is 0.251 e. The molecule has 1 aliphatic rings. The fourth-order valence-electron chi connectivity index (χ4n) is 2.39. The molecule has 4 heteroatoms. The summed E-state index contributed by atoms with van der Waals surface area (Å²) in [6.45, 7) is 2.25. The van der Waals surface area contributed by atoms with Gasteiger partial charge in [-0.1, -0.05) is 34.8 Å². The molecule has 0 saturated heterocycles. The van der Waals surface area contributed by atoms with Crippen molar-refractivity contribution in [1.29, 1.82) is 0 Å². The summed E-state index contributed by atoms with van der Waals surface area (Å²) in [7, 11) is 0. The lowest BCUT2D eigenvalue weighted by Crippen LogP contribution is -2.40. The summed E-state index contributed by atoms with van der Waals surface area (Å²) < 4.78 is 0.887. The summed E-state index contributed by atoms with van der Waals surface area (Å²) in [5.74, 6) is -0.117.